The highest BCUT2D eigenvalue weighted by Gasteiger charge is 2.32. The maximum Gasteiger partial charge on any atom is 0.221 e. The van der Waals surface area contributed by atoms with Gasteiger partial charge in [0.25, 0.3) is 0 Å². The maximum atomic E-state index is 12.2. The third-order valence-corrected chi connectivity index (χ3v) is 5.05. The molecular formula is C18H31N3O3. The minimum atomic E-state index is -0.390. The minimum absolute atomic E-state index is 0.0235. The lowest BCUT2D eigenvalue weighted by Gasteiger charge is -2.41. The highest BCUT2D eigenvalue weighted by atomic mass is 16.3. The van der Waals surface area contributed by atoms with Gasteiger partial charge in [0.05, 0.1) is 6.10 Å². The van der Waals surface area contributed by atoms with Crippen molar-refractivity contribution in [2.24, 2.45) is 0 Å². The molecule has 2 aliphatic heterocycles. The van der Waals surface area contributed by atoms with Gasteiger partial charge in [-0.25, -0.2) is 0 Å². The van der Waals surface area contributed by atoms with Crippen molar-refractivity contribution in [3.63, 3.8) is 0 Å². The van der Waals surface area contributed by atoms with Crippen LogP contribution < -0.4 is 5.32 Å². The van der Waals surface area contributed by atoms with Gasteiger partial charge in [-0.3, -0.25) is 14.5 Å². The van der Waals surface area contributed by atoms with E-state index in [1.807, 2.05) is 11.8 Å². The van der Waals surface area contributed by atoms with Crippen LogP contribution >= 0.6 is 0 Å². The van der Waals surface area contributed by atoms with Crippen molar-refractivity contribution >= 4 is 12.3 Å². The molecular weight excluding hydrogens is 306 g/mol. The zero-order valence-corrected chi connectivity index (χ0v) is 14.7. The summed E-state index contributed by atoms with van der Waals surface area (Å²) in [4.78, 5) is 27.5. The number of rotatable bonds is 3. The largest absolute Gasteiger partial charge is 0.391 e. The second kappa shape index (κ2) is 9.79. The Hall–Kier alpha value is -1.40. The van der Waals surface area contributed by atoms with Gasteiger partial charge >= 0.3 is 0 Å². The molecule has 1 fully saturated rings. The summed E-state index contributed by atoms with van der Waals surface area (Å²) in [5.41, 5.74) is 0. The zero-order valence-electron chi connectivity index (χ0n) is 14.7. The van der Waals surface area contributed by atoms with Gasteiger partial charge in [0.15, 0.2) is 0 Å². The van der Waals surface area contributed by atoms with E-state index in [2.05, 4.69) is 22.4 Å². The third-order valence-electron chi connectivity index (χ3n) is 5.05. The summed E-state index contributed by atoms with van der Waals surface area (Å²) in [5.74, 6) is 0.0628. The first kappa shape index (κ1) is 18.9. The first-order valence-electron chi connectivity index (χ1n) is 9.22. The number of amides is 2. The van der Waals surface area contributed by atoms with E-state index in [-0.39, 0.29) is 18.0 Å². The number of carbonyl (C=O) groups excluding carboxylic acids is 2. The van der Waals surface area contributed by atoms with E-state index < -0.39 is 6.10 Å². The Balaban J connectivity index is 2.11. The molecule has 0 saturated carbocycles. The monoisotopic (exact) mass is 337 g/mol. The van der Waals surface area contributed by atoms with Crippen LogP contribution in [0.1, 0.15) is 45.4 Å². The SMILES string of the molecule is CCC(O)C1CC=CC2CC(=O)NCCCCN(C=O)CCCN21. The standard InChI is InChI=1S/C18H31N3O3/c1-2-17(23)16-8-5-7-15-13-18(24)19-9-3-4-10-20(14-22)11-6-12-21(15)16/h5,7,14-17,23H,2-4,6,8-13H2,1H3,(H,19,24). The van der Waals surface area contributed by atoms with E-state index in [4.69, 9.17) is 0 Å². The molecule has 0 aromatic heterocycles. The van der Waals surface area contributed by atoms with Gasteiger partial charge < -0.3 is 15.3 Å². The molecule has 0 aromatic carbocycles. The number of carbonyl (C=O) groups is 2. The lowest BCUT2D eigenvalue weighted by Crippen LogP contribution is -2.52. The number of aliphatic hydroxyl groups is 1. The van der Waals surface area contributed by atoms with Crippen LogP contribution in [0, 0.1) is 0 Å². The molecule has 2 amide bonds. The normalized spacial score (nSPS) is 28.8. The minimum Gasteiger partial charge on any atom is -0.391 e. The Morgan fingerprint density at radius 1 is 1.33 bits per heavy atom. The predicted molar refractivity (Wildman–Crippen MR) is 93.5 cm³/mol. The van der Waals surface area contributed by atoms with Crippen molar-refractivity contribution < 1.29 is 14.7 Å². The van der Waals surface area contributed by atoms with Crippen LogP contribution in [-0.2, 0) is 9.59 Å². The van der Waals surface area contributed by atoms with Crippen molar-refractivity contribution in [3.05, 3.63) is 12.2 Å². The zero-order chi connectivity index (χ0) is 17.4. The molecule has 3 unspecified atom stereocenters. The average molecular weight is 337 g/mol. The molecule has 24 heavy (non-hydrogen) atoms. The van der Waals surface area contributed by atoms with Gasteiger partial charge in [-0.15, -0.1) is 0 Å². The number of fused-ring (bicyclic) bond motifs is 1. The van der Waals surface area contributed by atoms with Crippen molar-refractivity contribution in [1.82, 2.24) is 15.1 Å². The van der Waals surface area contributed by atoms with Crippen LogP contribution in [0.2, 0.25) is 0 Å². The lowest BCUT2D eigenvalue weighted by atomic mass is 9.94. The van der Waals surface area contributed by atoms with Crippen molar-refractivity contribution in [2.75, 3.05) is 26.2 Å². The number of hydrogen-bond donors (Lipinski definition) is 2. The average Bonchev–Trinajstić information content (AvgIpc) is 2.61. The summed E-state index contributed by atoms with van der Waals surface area (Å²) in [6.45, 7) is 4.90. The summed E-state index contributed by atoms with van der Waals surface area (Å²) < 4.78 is 0. The quantitative estimate of drug-likeness (QED) is 0.593. The first-order valence-corrected chi connectivity index (χ1v) is 9.22. The van der Waals surface area contributed by atoms with Crippen LogP contribution in [0.3, 0.4) is 0 Å². The first-order chi connectivity index (χ1) is 11.7. The van der Waals surface area contributed by atoms with Gasteiger partial charge in [0.1, 0.15) is 0 Å². The molecule has 0 radical (unpaired) electrons. The number of nitrogens with one attached hydrogen (secondary N) is 1. The molecule has 6 nitrogen and oxygen atoms in total. The molecule has 3 atom stereocenters. The summed E-state index contributed by atoms with van der Waals surface area (Å²) in [5, 5.41) is 13.4. The van der Waals surface area contributed by atoms with E-state index in [0.717, 1.165) is 51.7 Å². The maximum absolute atomic E-state index is 12.2. The second-order valence-electron chi connectivity index (χ2n) is 6.77. The van der Waals surface area contributed by atoms with Crippen molar-refractivity contribution in [2.45, 2.75) is 63.6 Å². The second-order valence-corrected chi connectivity index (χ2v) is 6.77. The van der Waals surface area contributed by atoms with Crippen molar-refractivity contribution in [3.8, 4) is 0 Å². The molecule has 2 heterocycles. The van der Waals surface area contributed by atoms with E-state index in [1.54, 1.807) is 0 Å². The molecule has 2 rings (SSSR count). The molecule has 2 aliphatic rings. The Labute approximate surface area is 144 Å². The number of hydrogen-bond acceptors (Lipinski definition) is 4. The smallest absolute Gasteiger partial charge is 0.221 e. The molecule has 2 N–H and O–H groups in total. The summed E-state index contributed by atoms with van der Waals surface area (Å²) in [6, 6.07) is 0.0722. The summed E-state index contributed by atoms with van der Waals surface area (Å²) >= 11 is 0. The van der Waals surface area contributed by atoms with Gasteiger partial charge in [0.2, 0.25) is 12.3 Å². The van der Waals surface area contributed by atoms with Gasteiger partial charge in [0, 0.05) is 44.7 Å². The van der Waals surface area contributed by atoms with E-state index in [1.165, 1.54) is 0 Å². The predicted octanol–water partition coefficient (Wildman–Crippen LogP) is 0.905. The van der Waals surface area contributed by atoms with Crippen molar-refractivity contribution in [1.29, 1.82) is 0 Å². The fraction of sp³-hybridized carbons (Fsp3) is 0.778. The van der Waals surface area contributed by atoms with E-state index in [0.29, 0.717) is 19.4 Å². The lowest BCUT2D eigenvalue weighted by molar-refractivity contribution is -0.122. The highest BCUT2D eigenvalue weighted by molar-refractivity contribution is 5.76. The Kier molecular flexibility index (Phi) is 7.72. The number of aliphatic hydroxyl groups excluding tert-OH is 1. The van der Waals surface area contributed by atoms with Crippen LogP contribution in [0.15, 0.2) is 12.2 Å². The van der Waals surface area contributed by atoms with Crippen LogP contribution in [0.4, 0.5) is 0 Å². The van der Waals surface area contributed by atoms with Crippen LogP contribution in [0.25, 0.3) is 0 Å². The van der Waals surface area contributed by atoms with Crippen LogP contribution in [-0.4, -0.2) is 71.6 Å². The van der Waals surface area contributed by atoms with Gasteiger partial charge in [-0.05, 0) is 32.1 Å². The Morgan fingerprint density at radius 3 is 2.88 bits per heavy atom. The fourth-order valence-corrected chi connectivity index (χ4v) is 3.64. The van der Waals surface area contributed by atoms with E-state index in [9.17, 15) is 14.7 Å². The highest BCUT2D eigenvalue weighted by Crippen LogP contribution is 2.24. The topological polar surface area (TPSA) is 72.9 Å². The van der Waals surface area contributed by atoms with Gasteiger partial charge in [-0.1, -0.05) is 19.1 Å². The Morgan fingerprint density at radius 2 is 2.12 bits per heavy atom. The number of nitrogens with zero attached hydrogens (tertiary/aromatic N) is 2. The summed E-state index contributed by atoms with van der Waals surface area (Å²) in [6.07, 6.45) is 9.31. The van der Waals surface area contributed by atoms with E-state index >= 15 is 0 Å². The van der Waals surface area contributed by atoms with Crippen LogP contribution in [0.5, 0.6) is 0 Å². The summed E-state index contributed by atoms with van der Waals surface area (Å²) in [7, 11) is 0. The molecule has 0 aliphatic carbocycles. The molecule has 0 bridgehead atoms. The molecule has 0 aromatic rings. The fourth-order valence-electron chi connectivity index (χ4n) is 3.64. The molecule has 0 spiro atoms. The molecule has 6 heteroatoms. The van der Waals surface area contributed by atoms with Gasteiger partial charge in [-0.2, -0.15) is 0 Å². The molecule has 136 valence electrons. The third kappa shape index (κ3) is 5.31. The Bertz CT molecular complexity index is 441. The molecule has 1 saturated heterocycles.